The Bertz CT molecular complexity index is 360. The highest BCUT2D eigenvalue weighted by Crippen LogP contribution is 2.21. The second-order valence-electron chi connectivity index (χ2n) is 4.50. The minimum Gasteiger partial charge on any atom is -0.490 e. The minimum absolute atomic E-state index is 0.237. The number of para-hydroxylation sites is 1. The molecule has 1 rings (SSSR count). The molecular weight excluding hydrogens is 222 g/mol. The van der Waals surface area contributed by atoms with Crippen LogP contribution in [0.15, 0.2) is 30.3 Å². The molecule has 0 aromatic heterocycles. The first-order valence-corrected chi connectivity index (χ1v) is 6.87. The molecule has 0 aliphatic heterocycles. The Morgan fingerprint density at radius 3 is 2.78 bits per heavy atom. The molecule has 0 fully saturated rings. The average molecular weight is 247 g/mol. The van der Waals surface area contributed by atoms with E-state index in [4.69, 9.17) is 4.74 Å². The summed E-state index contributed by atoms with van der Waals surface area (Å²) in [6, 6.07) is 8.17. The van der Waals surface area contributed by atoms with Crippen molar-refractivity contribution in [1.82, 2.24) is 5.32 Å². The minimum atomic E-state index is 0.237. The number of ether oxygens (including phenoxy) is 1. The summed E-state index contributed by atoms with van der Waals surface area (Å²) in [4.78, 5) is 0. The standard InChI is InChI=1S/C16H25NO/c1-4-8-15-9-6-7-10-16(15)18-14(3)11-13-17-12-5-2/h4,6-10,14,17H,5,11-13H2,1-3H3. The van der Waals surface area contributed by atoms with Crippen LogP contribution in [0.2, 0.25) is 0 Å². The van der Waals surface area contributed by atoms with E-state index in [-0.39, 0.29) is 6.10 Å². The maximum absolute atomic E-state index is 5.99. The van der Waals surface area contributed by atoms with E-state index in [1.807, 2.05) is 31.2 Å². The zero-order chi connectivity index (χ0) is 13.2. The van der Waals surface area contributed by atoms with Crippen molar-refractivity contribution < 1.29 is 4.74 Å². The van der Waals surface area contributed by atoms with Gasteiger partial charge in [-0.25, -0.2) is 0 Å². The van der Waals surface area contributed by atoms with Gasteiger partial charge in [-0.05, 0) is 45.8 Å². The predicted octanol–water partition coefficient (Wildman–Crippen LogP) is 3.88. The SMILES string of the molecule is CC=Cc1ccccc1OC(C)CCNCCC. The summed E-state index contributed by atoms with van der Waals surface area (Å²) in [6.07, 6.45) is 6.57. The van der Waals surface area contributed by atoms with Crippen LogP contribution in [0.4, 0.5) is 0 Å². The maximum atomic E-state index is 5.99. The van der Waals surface area contributed by atoms with E-state index in [2.05, 4.69) is 31.3 Å². The van der Waals surface area contributed by atoms with Crippen LogP contribution in [-0.2, 0) is 0 Å². The van der Waals surface area contributed by atoms with Gasteiger partial charge in [-0.15, -0.1) is 0 Å². The molecule has 18 heavy (non-hydrogen) atoms. The highest BCUT2D eigenvalue weighted by atomic mass is 16.5. The van der Waals surface area contributed by atoms with E-state index < -0.39 is 0 Å². The molecule has 0 aliphatic carbocycles. The van der Waals surface area contributed by atoms with E-state index in [9.17, 15) is 0 Å². The average Bonchev–Trinajstić information content (AvgIpc) is 2.37. The molecule has 0 amide bonds. The van der Waals surface area contributed by atoms with Gasteiger partial charge in [0.05, 0.1) is 6.10 Å². The summed E-state index contributed by atoms with van der Waals surface area (Å²) < 4.78 is 5.99. The smallest absolute Gasteiger partial charge is 0.126 e. The molecule has 0 saturated heterocycles. The Hall–Kier alpha value is -1.28. The van der Waals surface area contributed by atoms with Gasteiger partial charge in [-0.1, -0.05) is 37.3 Å². The van der Waals surface area contributed by atoms with Crippen molar-refractivity contribution in [3.05, 3.63) is 35.9 Å². The van der Waals surface area contributed by atoms with Crippen molar-refractivity contribution in [3.8, 4) is 5.75 Å². The lowest BCUT2D eigenvalue weighted by molar-refractivity contribution is 0.209. The molecule has 100 valence electrons. The lowest BCUT2D eigenvalue weighted by Crippen LogP contribution is -2.23. The number of hydrogen-bond donors (Lipinski definition) is 1. The first-order chi connectivity index (χ1) is 8.77. The van der Waals surface area contributed by atoms with Crippen LogP contribution in [-0.4, -0.2) is 19.2 Å². The first kappa shape index (κ1) is 14.8. The lowest BCUT2D eigenvalue weighted by atomic mass is 10.2. The molecule has 1 N–H and O–H groups in total. The van der Waals surface area contributed by atoms with Crippen molar-refractivity contribution in [2.45, 2.75) is 39.7 Å². The Morgan fingerprint density at radius 2 is 2.06 bits per heavy atom. The largest absolute Gasteiger partial charge is 0.490 e. The highest BCUT2D eigenvalue weighted by Gasteiger charge is 2.06. The molecule has 0 spiro atoms. The molecule has 2 nitrogen and oxygen atoms in total. The van der Waals surface area contributed by atoms with E-state index in [1.54, 1.807) is 0 Å². The Kier molecular flexibility index (Phi) is 7.19. The monoisotopic (exact) mass is 247 g/mol. The molecule has 0 heterocycles. The van der Waals surface area contributed by atoms with Crippen molar-refractivity contribution in [2.75, 3.05) is 13.1 Å². The van der Waals surface area contributed by atoms with Gasteiger partial charge in [0.2, 0.25) is 0 Å². The van der Waals surface area contributed by atoms with Crippen LogP contribution in [0.3, 0.4) is 0 Å². The molecule has 2 heteroatoms. The van der Waals surface area contributed by atoms with Crippen LogP contribution in [0.1, 0.15) is 39.2 Å². The van der Waals surface area contributed by atoms with E-state index in [0.717, 1.165) is 30.8 Å². The molecule has 0 bridgehead atoms. The zero-order valence-corrected chi connectivity index (χ0v) is 11.8. The van der Waals surface area contributed by atoms with Gasteiger partial charge in [0.15, 0.2) is 0 Å². The van der Waals surface area contributed by atoms with E-state index >= 15 is 0 Å². The van der Waals surface area contributed by atoms with Crippen molar-refractivity contribution in [1.29, 1.82) is 0 Å². The fourth-order valence-corrected chi connectivity index (χ4v) is 1.79. The molecule has 1 aromatic rings. The van der Waals surface area contributed by atoms with Crippen molar-refractivity contribution >= 4 is 6.08 Å². The molecule has 1 unspecified atom stereocenters. The van der Waals surface area contributed by atoms with Crippen molar-refractivity contribution in [2.24, 2.45) is 0 Å². The van der Waals surface area contributed by atoms with Gasteiger partial charge in [0.1, 0.15) is 5.75 Å². The van der Waals surface area contributed by atoms with Gasteiger partial charge < -0.3 is 10.1 Å². The van der Waals surface area contributed by atoms with Crippen LogP contribution < -0.4 is 10.1 Å². The lowest BCUT2D eigenvalue weighted by Gasteiger charge is -2.16. The summed E-state index contributed by atoms with van der Waals surface area (Å²) in [5.74, 6) is 0.971. The number of allylic oxidation sites excluding steroid dienone is 1. The molecule has 1 aromatic carbocycles. The Morgan fingerprint density at radius 1 is 1.28 bits per heavy atom. The van der Waals surface area contributed by atoms with Gasteiger partial charge in [0.25, 0.3) is 0 Å². The molecule has 0 radical (unpaired) electrons. The fourth-order valence-electron chi connectivity index (χ4n) is 1.79. The molecule has 0 saturated carbocycles. The zero-order valence-electron chi connectivity index (χ0n) is 11.8. The van der Waals surface area contributed by atoms with Crippen LogP contribution in [0, 0.1) is 0 Å². The fraction of sp³-hybridized carbons (Fsp3) is 0.500. The third-order valence-electron chi connectivity index (χ3n) is 2.75. The number of hydrogen-bond acceptors (Lipinski definition) is 2. The molecule has 0 aliphatic rings. The van der Waals surface area contributed by atoms with Gasteiger partial charge in [-0.2, -0.15) is 0 Å². The quantitative estimate of drug-likeness (QED) is 0.704. The third kappa shape index (κ3) is 5.37. The summed E-state index contributed by atoms with van der Waals surface area (Å²) in [7, 11) is 0. The van der Waals surface area contributed by atoms with Crippen molar-refractivity contribution in [3.63, 3.8) is 0 Å². The Labute approximate surface area is 111 Å². The molecule has 1 atom stereocenters. The summed E-state index contributed by atoms with van der Waals surface area (Å²) >= 11 is 0. The second kappa shape index (κ2) is 8.76. The third-order valence-corrected chi connectivity index (χ3v) is 2.75. The number of rotatable bonds is 8. The predicted molar refractivity (Wildman–Crippen MR) is 79.0 cm³/mol. The van der Waals surface area contributed by atoms with E-state index in [1.165, 1.54) is 6.42 Å². The molecular formula is C16H25NO. The number of nitrogens with one attached hydrogen (secondary N) is 1. The highest BCUT2D eigenvalue weighted by molar-refractivity contribution is 5.56. The number of benzene rings is 1. The van der Waals surface area contributed by atoms with E-state index in [0.29, 0.717) is 0 Å². The van der Waals surface area contributed by atoms with Crippen LogP contribution in [0.5, 0.6) is 5.75 Å². The first-order valence-electron chi connectivity index (χ1n) is 6.87. The van der Waals surface area contributed by atoms with Crippen LogP contribution in [0.25, 0.3) is 6.08 Å². The van der Waals surface area contributed by atoms with Gasteiger partial charge >= 0.3 is 0 Å². The van der Waals surface area contributed by atoms with Gasteiger partial charge in [-0.3, -0.25) is 0 Å². The summed E-state index contributed by atoms with van der Waals surface area (Å²) in [5.41, 5.74) is 1.15. The maximum Gasteiger partial charge on any atom is 0.126 e. The van der Waals surface area contributed by atoms with Crippen LogP contribution >= 0.6 is 0 Å². The normalized spacial score (nSPS) is 12.8. The summed E-state index contributed by atoms with van der Waals surface area (Å²) in [5, 5.41) is 3.40. The topological polar surface area (TPSA) is 21.3 Å². The summed E-state index contributed by atoms with van der Waals surface area (Å²) in [6.45, 7) is 8.43. The second-order valence-corrected chi connectivity index (χ2v) is 4.50. The van der Waals surface area contributed by atoms with Gasteiger partial charge in [0, 0.05) is 5.56 Å². The Balaban J connectivity index is 2.45.